The second kappa shape index (κ2) is 11.2. The summed E-state index contributed by atoms with van der Waals surface area (Å²) in [7, 11) is 0. The monoisotopic (exact) mass is 410 g/mol. The van der Waals surface area contributed by atoms with Gasteiger partial charge in [-0.15, -0.1) is 0 Å². The molecule has 3 saturated carbocycles. The molecule has 0 aromatic heterocycles. The maximum absolute atomic E-state index is 9.71. The zero-order valence-corrected chi connectivity index (χ0v) is 19.5. The first-order chi connectivity index (χ1) is 14.7. The minimum absolute atomic E-state index is 0.00771. The first kappa shape index (κ1) is 22.4. The van der Waals surface area contributed by atoms with Crippen LogP contribution >= 0.6 is 0 Å². The molecule has 0 heterocycles. The van der Waals surface area contributed by atoms with Gasteiger partial charge in [-0.3, -0.25) is 0 Å². The maximum atomic E-state index is 9.71. The van der Waals surface area contributed by atoms with E-state index in [-0.39, 0.29) is 6.10 Å². The van der Waals surface area contributed by atoms with Crippen molar-refractivity contribution in [3.05, 3.63) is 35.9 Å². The average Bonchev–Trinajstić information content (AvgIpc) is 2.80. The molecule has 0 radical (unpaired) electrons. The van der Waals surface area contributed by atoms with Crippen molar-refractivity contribution in [2.75, 3.05) is 0 Å². The molecule has 0 amide bonds. The minimum atomic E-state index is 0.00771. The molecule has 168 valence electrons. The fourth-order valence-corrected chi connectivity index (χ4v) is 7.17. The molecule has 1 heteroatoms. The molecule has 3 fully saturated rings. The van der Waals surface area contributed by atoms with Gasteiger partial charge in [0, 0.05) is 0 Å². The molecule has 0 saturated heterocycles. The molecule has 1 nitrogen and oxygen atoms in total. The molecule has 3 aliphatic carbocycles. The second-order valence-electron chi connectivity index (χ2n) is 11.4. The summed E-state index contributed by atoms with van der Waals surface area (Å²) in [6, 6.07) is 11.1. The van der Waals surface area contributed by atoms with E-state index in [0.29, 0.717) is 0 Å². The van der Waals surface area contributed by atoms with Gasteiger partial charge >= 0.3 is 0 Å². The Hall–Kier alpha value is -0.820. The first-order valence-corrected chi connectivity index (χ1v) is 13.4. The van der Waals surface area contributed by atoms with Crippen LogP contribution in [0.5, 0.6) is 0 Å². The summed E-state index contributed by atoms with van der Waals surface area (Å²) in [6.07, 6.45) is 21.0. The summed E-state index contributed by atoms with van der Waals surface area (Å²) >= 11 is 0. The SMILES string of the molecule is C[C@H](CC1CCC(C2CCC(CCC3CCC(O)CC3)CC2)CC1)c1ccccc1. The van der Waals surface area contributed by atoms with Crippen molar-refractivity contribution in [2.45, 2.75) is 115 Å². The molecule has 0 aliphatic heterocycles. The van der Waals surface area contributed by atoms with E-state index in [2.05, 4.69) is 37.3 Å². The van der Waals surface area contributed by atoms with Gasteiger partial charge in [0.2, 0.25) is 0 Å². The van der Waals surface area contributed by atoms with Crippen molar-refractivity contribution in [3.63, 3.8) is 0 Å². The van der Waals surface area contributed by atoms with Crippen LogP contribution in [0.15, 0.2) is 30.3 Å². The molecule has 4 rings (SSSR count). The molecule has 3 aliphatic rings. The number of hydrogen-bond acceptors (Lipinski definition) is 1. The van der Waals surface area contributed by atoms with Gasteiger partial charge in [0.15, 0.2) is 0 Å². The fraction of sp³-hybridized carbons (Fsp3) is 0.793. The molecular weight excluding hydrogens is 364 g/mol. The quantitative estimate of drug-likeness (QED) is 0.481. The largest absolute Gasteiger partial charge is 0.393 e. The van der Waals surface area contributed by atoms with Crippen LogP contribution in [0.25, 0.3) is 0 Å². The molecule has 1 atom stereocenters. The Labute approximate surface area is 186 Å². The third kappa shape index (κ3) is 6.35. The Balaban J connectivity index is 1.12. The zero-order chi connectivity index (χ0) is 20.8. The van der Waals surface area contributed by atoms with Crippen molar-refractivity contribution < 1.29 is 5.11 Å². The van der Waals surface area contributed by atoms with Crippen molar-refractivity contribution in [3.8, 4) is 0 Å². The van der Waals surface area contributed by atoms with E-state index in [4.69, 9.17) is 0 Å². The molecular formula is C29H46O. The van der Waals surface area contributed by atoms with E-state index in [1.807, 2.05) is 0 Å². The number of aliphatic hydroxyl groups excluding tert-OH is 1. The minimum Gasteiger partial charge on any atom is -0.393 e. The Morgan fingerprint density at radius 1 is 0.667 bits per heavy atom. The van der Waals surface area contributed by atoms with Gasteiger partial charge in [0.1, 0.15) is 0 Å². The smallest absolute Gasteiger partial charge is 0.0540 e. The van der Waals surface area contributed by atoms with Crippen LogP contribution in [0, 0.1) is 29.6 Å². The van der Waals surface area contributed by atoms with Gasteiger partial charge in [-0.2, -0.15) is 0 Å². The summed E-state index contributed by atoms with van der Waals surface area (Å²) in [4.78, 5) is 0. The highest BCUT2D eigenvalue weighted by Crippen LogP contribution is 2.44. The van der Waals surface area contributed by atoms with Gasteiger partial charge in [-0.05, 0) is 98.9 Å². The van der Waals surface area contributed by atoms with Crippen LogP contribution in [-0.2, 0) is 0 Å². The van der Waals surface area contributed by atoms with E-state index >= 15 is 0 Å². The maximum Gasteiger partial charge on any atom is 0.0540 e. The summed E-state index contributed by atoms with van der Waals surface area (Å²) in [5, 5.41) is 9.71. The van der Waals surface area contributed by atoms with Gasteiger partial charge in [0.05, 0.1) is 6.10 Å². The zero-order valence-electron chi connectivity index (χ0n) is 19.5. The van der Waals surface area contributed by atoms with Crippen LogP contribution in [-0.4, -0.2) is 11.2 Å². The van der Waals surface area contributed by atoms with Crippen molar-refractivity contribution in [1.82, 2.24) is 0 Å². The molecule has 1 aromatic carbocycles. The van der Waals surface area contributed by atoms with Crippen molar-refractivity contribution >= 4 is 0 Å². The highest BCUT2D eigenvalue weighted by Gasteiger charge is 2.31. The van der Waals surface area contributed by atoms with Crippen LogP contribution in [0.1, 0.15) is 115 Å². The third-order valence-corrected chi connectivity index (χ3v) is 9.30. The third-order valence-electron chi connectivity index (χ3n) is 9.30. The molecule has 1 N–H and O–H groups in total. The van der Waals surface area contributed by atoms with Crippen LogP contribution < -0.4 is 0 Å². The normalized spacial score (nSPS) is 36.3. The van der Waals surface area contributed by atoms with Crippen molar-refractivity contribution in [1.29, 1.82) is 0 Å². The summed E-state index contributed by atoms with van der Waals surface area (Å²) < 4.78 is 0. The van der Waals surface area contributed by atoms with Crippen LogP contribution in [0.2, 0.25) is 0 Å². The number of rotatable bonds is 7. The lowest BCUT2D eigenvalue weighted by atomic mass is 9.67. The predicted octanol–water partition coefficient (Wildman–Crippen LogP) is 8.12. The fourth-order valence-electron chi connectivity index (χ4n) is 7.17. The summed E-state index contributed by atoms with van der Waals surface area (Å²) in [5.41, 5.74) is 1.53. The van der Waals surface area contributed by atoms with Gasteiger partial charge in [0.25, 0.3) is 0 Å². The Kier molecular flexibility index (Phi) is 8.33. The highest BCUT2D eigenvalue weighted by atomic mass is 16.3. The van der Waals surface area contributed by atoms with E-state index < -0.39 is 0 Å². The standard InChI is InChI=1S/C29H46O/c1-22(26-5-3-2-4-6-26)21-25-11-17-28(18-12-25)27-15-9-23(10-16-27)7-8-24-13-19-29(30)20-14-24/h2-6,22-25,27-30H,7-21H2,1H3/t22-,23?,24?,25?,27?,28?,29?/m1/s1. The van der Waals surface area contributed by atoms with E-state index in [9.17, 15) is 5.11 Å². The lowest BCUT2D eigenvalue weighted by molar-refractivity contribution is 0.100. The van der Waals surface area contributed by atoms with E-state index in [0.717, 1.165) is 48.3 Å². The number of benzene rings is 1. The van der Waals surface area contributed by atoms with Gasteiger partial charge in [-0.25, -0.2) is 0 Å². The molecule has 30 heavy (non-hydrogen) atoms. The summed E-state index contributed by atoms with van der Waals surface area (Å²) in [5.74, 6) is 5.68. The van der Waals surface area contributed by atoms with E-state index in [1.165, 1.54) is 89.0 Å². The molecule has 0 unspecified atom stereocenters. The Morgan fingerprint density at radius 2 is 1.13 bits per heavy atom. The summed E-state index contributed by atoms with van der Waals surface area (Å²) in [6.45, 7) is 2.43. The Bertz CT molecular complexity index is 586. The Morgan fingerprint density at radius 3 is 1.67 bits per heavy atom. The van der Waals surface area contributed by atoms with Gasteiger partial charge in [-0.1, -0.05) is 75.8 Å². The highest BCUT2D eigenvalue weighted by molar-refractivity contribution is 5.18. The molecule has 0 spiro atoms. The van der Waals surface area contributed by atoms with Crippen LogP contribution in [0.3, 0.4) is 0 Å². The second-order valence-corrected chi connectivity index (χ2v) is 11.4. The van der Waals surface area contributed by atoms with Gasteiger partial charge < -0.3 is 5.11 Å². The van der Waals surface area contributed by atoms with E-state index in [1.54, 1.807) is 0 Å². The van der Waals surface area contributed by atoms with Crippen LogP contribution in [0.4, 0.5) is 0 Å². The molecule has 1 aromatic rings. The number of aliphatic hydroxyl groups is 1. The predicted molar refractivity (Wildman–Crippen MR) is 128 cm³/mol. The number of hydrogen-bond donors (Lipinski definition) is 1. The first-order valence-electron chi connectivity index (χ1n) is 13.4. The lowest BCUT2D eigenvalue weighted by Gasteiger charge is -2.38. The average molecular weight is 411 g/mol. The lowest BCUT2D eigenvalue weighted by Crippen LogP contribution is -2.26. The van der Waals surface area contributed by atoms with Crippen molar-refractivity contribution in [2.24, 2.45) is 29.6 Å². The topological polar surface area (TPSA) is 20.2 Å². The molecule has 0 bridgehead atoms.